The monoisotopic (exact) mass is 422 g/mol. The average Bonchev–Trinajstić information content (AvgIpc) is 3.06. The maximum Gasteiger partial charge on any atom is 0.257 e. The molecule has 3 heterocycles. The molecule has 0 saturated carbocycles. The Morgan fingerprint density at radius 1 is 1.13 bits per heavy atom. The molecule has 2 amide bonds. The number of aromatic nitrogens is 2. The van der Waals surface area contributed by atoms with E-state index in [0.717, 1.165) is 44.3 Å². The van der Waals surface area contributed by atoms with Crippen LogP contribution in [-0.2, 0) is 18.4 Å². The smallest absolute Gasteiger partial charge is 0.257 e. The molecule has 1 aromatic heterocycles. The topological polar surface area (TPSA) is 58.4 Å². The van der Waals surface area contributed by atoms with Crippen LogP contribution in [0.1, 0.15) is 60.6 Å². The van der Waals surface area contributed by atoms with E-state index in [1.807, 2.05) is 37.1 Å². The second-order valence-corrected chi connectivity index (χ2v) is 9.42. The number of aryl methyl sites for hydroxylation is 1. The number of hydrogen-bond acceptors (Lipinski definition) is 3. The first-order valence-electron chi connectivity index (χ1n) is 11.5. The zero-order chi connectivity index (χ0) is 22.0. The highest BCUT2D eigenvalue weighted by atomic mass is 16.2. The van der Waals surface area contributed by atoms with Gasteiger partial charge >= 0.3 is 0 Å². The second kappa shape index (κ2) is 8.85. The van der Waals surface area contributed by atoms with Gasteiger partial charge in [-0.2, -0.15) is 5.10 Å². The average molecular weight is 423 g/mol. The van der Waals surface area contributed by atoms with Crippen molar-refractivity contribution in [2.75, 3.05) is 19.6 Å². The van der Waals surface area contributed by atoms with E-state index in [1.54, 1.807) is 10.9 Å². The summed E-state index contributed by atoms with van der Waals surface area (Å²) < 4.78 is 1.74. The molecule has 4 rings (SSSR count). The predicted octanol–water partition coefficient (Wildman–Crippen LogP) is 3.80. The summed E-state index contributed by atoms with van der Waals surface area (Å²) in [6, 6.07) is 10.3. The molecular weight excluding hydrogens is 388 g/mol. The highest BCUT2D eigenvalue weighted by Crippen LogP contribution is 2.43. The fraction of sp³-hybridized carbons (Fsp3) is 0.560. The van der Waals surface area contributed by atoms with Crippen LogP contribution in [0.25, 0.3) is 0 Å². The first-order valence-corrected chi connectivity index (χ1v) is 11.5. The minimum atomic E-state index is -0.343. The summed E-state index contributed by atoms with van der Waals surface area (Å²) in [6.45, 7) is 7.04. The molecular formula is C25H34N4O2. The molecule has 31 heavy (non-hydrogen) atoms. The van der Waals surface area contributed by atoms with E-state index in [1.165, 1.54) is 5.56 Å². The molecule has 2 fully saturated rings. The number of nitrogens with zero attached hydrogens (tertiary/aromatic N) is 4. The summed E-state index contributed by atoms with van der Waals surface area (Å²) in [5, 5.41) is 4.21. The van der Waals surface area contributed by atoms with E-state index in [4.69, 9.17) is 0 Å². The Morgan fingerprint density at radius 2 is 1.84 bits per heavy atom. The molecule has 6 heteroatoms. The van der Waals surface area contributed by atoms with Gasteiger partial charge in [0.15, 0.2) is 0 Å². The summed E-state index contributed by atoms with van der Waals surface area (Å²) in [4.78, 5) is 30.7. The first kappa shape index (κ1) is 21.6. The van der Waals surface area contributed by atoms with Crippen LogP contribution in [0.2, 0.25) is 0 Å². The van der Waals surface area contributed by atoms with Gasteiger partial charge in [-0.1, -0.05) is 43.7 Å². The number of hydrogen-bond donors (Lipinski definition) is 0. The molecule has 1 aromatic carbocycles. The van der Waals surface area contributed by atoms with Gasteiger partial charge in [-0.3, -0.25) is 14.3 Å². The Hall–Kier alpha value is -2.63. The molecule has 0 N–H and O–H groups in total. The molecule has 2 saturated heterocycles. The molecule has 2 aromatic rings. The van der Waals surface area contributed by atoms with Crippen molar-refractivity contribution in [2.24, 2.45) is 18.4 Å². The Kier molecular flexibility index (Phi) is 6.17. The molecule has 2 aliphatic rings. The van der Waals surface area contributed by atoms with Crippen LogP contribution in [0.4, 0.5) is 0 Å². The summed E-state index contributed by atoms with van der Waals surface area (Å²) in [7, 11) is 1.86. The van der Waals surface area contributed by atoms with Crippen LogP contribution in [0.3, 0.4) is 0 Å². The van der Waals surface area contributed by atoms with Gasteiger partial charge in [-0.05, 0) is 44.1 Å². The van der Waals surface area contributed by atoms with Crippen LogP contribution in [0, 0.1) is 18.3 Å². The number of rotatable bonds is 4. The highest BCUT2D eigenvalue weighted by Gasteiger charge is 2.45. The van der Waals surface area contributed by atoms with Gasteiger partial charge in [0.25, 0.3) is 5.91 Å². The van der Waals surface area contributed by atoms with Gasteiger partial charge in [-0.25, -0.2) is 0 Å². The van der Waals surface area contributed by atoms with Crippen molar-refractivity contribution in [3.05, 3.63) is 53.3 Å². The van der Waals surface area contributed by atoms with E-state index in [-0.39, 0.29) is 11.3 Å². The van der Waals surface area contributed by atoms with Crippen molar-refractivity contribution in [3.63, 3.8) is 0 Å². The standard InChI is InChI=1S/C25H34N4O2/c1-19-22(17-26-27(19)3)23(30)28-15-11-21(12-16-28)25(2)13-7-8-14-29(24(25)31)18-20-9-5-4-6-10-20/h4-6,9-10,17,21H,7-8,11-16,18H2,1-3H3/t25-/m1/s1. The maximum atomic E-state index is 13.7. The Labute approximate surface area is 185 Å². The van der Waals surface area contributed by atoms with Crippen molar-refractivity contribution in [2.45, 2.75) is 52.5 Å². The molecule has 0 unspecified atom stereocenters. The largest absolute Gasteiger partial charge is 0.339 e. The van der Waals surface area contributed by atoms with Crippen molar-refractivity contribution in [1.29, 1.82) is 0 Å². The molecule has 0 spiro atoms. The molecule has 0 aliphatic carbocycles. The molecule has 1 atom stereocenters. The van der Waals surface area contributed by atoms with Crippen LogP contribution in [0.5, 0.6) is 0 Å². The molecule has 6 nitrogen and oxygen atoms in total. The van der Waals surface area contributed by atoms with E-state index in [2.05, 4.69) is 29.1 Å². The third kappa shape index (κ3) is 4.25. The molecule has 2 aliphatic heterocycles. The minimum Gasteiger partial charge on any atom is -0.339 e. The van der Waals surface area contributed by atoms with Crippen LogP contribution < -0.4 is 0 Å². The molecule has 0 radical (unpaired) electrons. The van der Waals surface area contributed by atoms with Crippen LogP contribution in [-0.4, -0.2) is 51.0 Å². The summed E-state index contributed by atoms with van der Waals surface area (Å²) >= 11 is 0. The summed E-state index contributed by atoms with van der Waals surface area (Å²) in [5.74, 6) is 0.671. The molecule has 166 valence electrons. The van der Waals surface area contributed by atoms with Gasteiger partial charge in [0.1, 0.15) is 0 Å². The zero-order valence-electron chi connectivity index (χ0n) is 19.0. The third-order valence-corrected chi connectivity index (χ3v) is 7.52. The number of benzene rings is 1. The Balaban J connectivity index is 1.44. The lowest BCUT2D eigenvalue weighted by molar-refractivity contribution is -0.145. The second-order valence-electron chi connectivity index (χ2n) is 9.42. The zero-order valence-corrected chi connectivity index (χ0v) is 19.0. The first-order chi connectivity index (χ1) is 14.9. The van der Waals surface area contributed by atoms with Crippen LogP contribution in [0.15, 0.2) is 36.5 Å². The maximum absolute atomic E-state index is 13.7. The lowest BCUT2D eigenvalue weighted by Gasteiger charge is -2.43. The quantitative estimate of drug-likeness (QED) is 0.753. The number of likely N-dealkylation sites (tertiary alicyclic amines) is 2. The van der Waals surface area contributed by atoms with Crippen molar-refractivity contribution < 1.29 is 9.59 Å². The number of piperidine rings is 1. The normalized spacial score (nSPS) is 23.1. The highest BCUT2D eigenvalue weighted by molar-refractivity contribution is 5.95. The van der Waals surface area contributed by atoms with Crippen molar-refractivity contribution in [3.8, 4) is 0 Å². The van der Waals surface area contributed by atoms with Crippen molar-refractivity contribution in [1.82, 2.24) is 19.6 Å². The number of carbonyl (C=O) groups is 2. The fourth-order valence-electron chi connectivity index (χ4n) is 5.30. The lowest BCUT2D eigenvalue weighted by atomic mass is 9.69. The summed E-state index contributed by atoms with van der Waals surface area (Å²) in [5.41, 5.74) is 2.43. The van der Waals surface area contributed by atoms with E-state index < -0.39 is 0 Å². The van der Waals surface area contributed by atoms with Crippen molar-refractivity contribution >= 4 is 11.8 Å². The van der Waals surface area contributed by atoms with Gasteiger partial charge < -0.3 is 9.80 Å². The van der Waals surface area contributed by atoms with Gasteiger partial charge in [-0.15, -0.1) is 0 Å². The minimum absolute atomic E-state index is 0.0621. The van der Waals surface area contributed by atoms with Crippen LogP contribution >= 0.6 is 0 Å². The van der Waals surface area contributed by atoms with Gasteiger partial charge in [0, 0.05) is 44.3 Å². The van der Waals surface area contributed by atoms with E-state index >= 15 is 0 Å². The Morgan fingerprint density at radius 3 is 2.48 bits per heavy atom. The summed E-state index contributed by atoms with van der Waals surface area (Å²) in [6.07, 6.45) is 6.52. The number of carbonyl (C=O) groups excluding carboxylic acids is 2. The number of amides is 2. The van der Waals surface area contributed by atoms with E-state index in [0.29, 0.717) is 37.0 Å². The Bertz CT molecular complexity index is 930. The van der Waals surface area contributed by atoms with Gasteiger partial charge in [0.2, 0.25) is 5.91 Å². The SMILES string of the molecule is Cc1c(C(=O)N2CCC([C@@]3(C)CCCCN(Cc4ccccc4)C3=O)CC2)cnn1C. The molecule has 0 bridgehead atoms. The predicted molar refractivity (Wildman–Crippen MR) is 120 cm³/mol. The van der Waals surface area contributed by atoms with Gasteiger partial charge in [0.05, 0.1) is 11.8 Å². The lowest BCUT2D eigenvalue weighted by Crippen LogP contribution is -2.49. The third-order valence-electron chi connectivity index (χ3n) is 7.52. The fourth-order valence-corrected chi connectivity index (χ4v) is 5.30. The van der Waals surface area contributed by atoms with E-state index in [9.17, 15) is 9.59 Å².